The molecule has 0 amide bonds. The number of ether oxygens (including phenoxy) is 2. The zero-order chi connectivity index (χ0) is 49.2. The molecule has 0 unspecified atom stereocenters. The first-order valence-electron chi connectivity index (χ1n) is 23.6. The molecule has 10 rings (SSSR count). The Hall–Kier alpha value is -6.57. The van der Waals surface area contributed by atoms with Gasteiger partial charge in [-0.25, -0.2) is 19.9 Å². The van der Waals surface area contributed by atoms with Crippen LogP contribution in [0.3, 0.4) is 0 Å². The van der Waals surface area contributed by atoms with Gasteiger partial charge in [0.25, 0.3) is 0 Å². The summed E-state index contributed by atoms with van der Waals surface area (Å²) in [6.07, 6.45) is 22.1. The smallest absolute Gasteiger partial charge is 0.119 e. The molecule has 6 heterocycles. The Morgan fingerprint density at radius 3 is 1.21 bits per heavy atom. The Balaban J connectivity index is 0.000000385. The van der Waals surface area contributed by atoms with E-state index in [4.69, 9.17) is 9.47 Å². The fourth-order valence-electron chi connectivity index (χ4n) is 5.87. The van der Waals surface area contributed by atoms with Crippen molar-refractivity contribution in [3.63, 3.8) is 0 Å². The molecule has 2 fully saturated rings. The van der Waals surface area contributed by atoms with Crippen molar-refractivity contribution < 1.29 is 9.47 Å². The molecule has 4 aromatic carbocycles. The first-order valence-corrected chi connectivity index (χ1v) is 23.6. The highest BCUT2D eigenvalue weighted by Gasteiger charge is 2.03. The van der Waals surface area contributed by atoms with E-state index in [-0.39, 0.29) is 0 Å². The third kappa shape index (κ3) is 26.9. The number of aryl methyl sites for hydroxylation is 1. The third-order valence-corrected chi connectivity index (χ3v) is 9.27. The van der Waals surface area contributed by atoms with Crippen molar-refractivity contribution in [1.82, 2.24) is 55.1 Å². The molecular weight excluding hydrogens is 835 g/mol. The van der Waals surface area contributed by atoms with Gasteiger partial charge in [0.05, 0.1) is 42.5 Å². The predicted octanol–water partition coefficient (Wildman–Crippen LogP) is 12.1. The molecular formula is C54H77N11O2. The highest BCUT2D eigenvalue weighted by atomic mass is 16.5. The number of rotatable bonds is 2. The summed E-state index contributed by atoms with van der Waals surface area (Å²) >= 11 is 0. The number of benzene rings is 4. The molecule has 4 aromatic heterocycles. The Morgan fingerprint density at radius 1 is 0.433 bits per heavy atom. The molecule has 13 nitrogen and oxygen atoms in total. The summed E-state index contributed by atoms with van der Waals surface area (Å²) in [5.74, 6) is 1.70. The van der Waals surface area contributed by atoms with E-state index in [0.29, 0.717) is 0 Å². The lowest BCUT2D eigenvalue weighted by Gasteiger charge is -2.20. The highest BCUT2D eigenvalue weighted by molar-refractivity contribution is 5.77. The molecule has 2 aliphatic rings. The van der Waals surface area contributed by atoms with Crippen molar-refractivity contribution in [2.24, 2.45) is 0 Å². The molecule has 2 aliphatic heterocycles. The number of aromatic nitrogens is 9. The zero-order valence-corrected chi connectivity index (χ0v) is 42.2. The number of fused-ring (bicyclic) bond motifs is 3. The maximum absolute atomic E-state index is 4.96. The van der Waals surface area contributed by atoms with Crippen molar-refractivity contribution in [1.29, 1.82) is 0 Å². The number of likely N-dealkylation sites (tertiary alicyclic amines) is 2. The van der Waals surface area contributed by atoms with Crippen molar-refractivity contribution >= 4 is 32.8 Å². The molecule has 2 saturated heterocycles. The second-order valence-corrected chi connectivity index (χ2v) is 14.1. The molecule has 0 N–H and O–H groups in total. The standard InChI is InChI=1S/2C8H6N2.C8H10O2.C7H5N3.2C6H13N.C5H6N2.3C2H6/c1-2-4-8-7(3-1)5-9-6-10-8;1-2-4-8-7(3-1)9-5-6-10-8;1-9-7-3-5-8(10-2)6-4-7;1-2-4-7-6(3-1)5-8-10-9-7;2*1-7-5-3-2-4-6-7;1-5-2-6-4-7-3-5;3*1-2/h2*1-6H;3-6H,1-2H3;1-5H;2*2-6H2,1H3;2-4H,1H3;3*1-2H3. The molecule has 0 radical (unpaired) electrons. The molecule has 0 atom stereocenters. The SMILES string of the molecule is CC.CC.CC.CN1CCCCC1.CN1CCCCC1.COc1ccc(OC)cc1.Cc1cncnc1.c1ccc2nccnc2c1.c1ccc2ncncc2c1.c1ccc2nnncc2c1. The molecule has 8 aromatic rings. The Kier molecular flexibility index (Phi) is 34.7. The van der Waals surface area contributed by atoms with Gasteiger partial charge < -0.3 is 19.3 Å². The van der Waals surface area contributed by atoms with Crippen molar-refractivity contribution in [3.8, 4) is 11.5 Å². The highest BCUT2D eigenvalue weighted by Crippen LogP contribution is 2.16. The third-order valence-electron chi connectivity index (χ3n) is 9.27. The van der Waals surface area contributed by atoms with Crippen LogP contribution in [0.2, 0.25) is 0 Å². The van der Waals surface area contributed by atoms with Gasteiger partial charge in [0.2, 0.25) is 0 Å². The minimum absolute atomic E-state index is 0.848. The van der Waals surface area contributed by atoms with Crippen molar-refractivity contribution in [2.75, 3.05) is 54.5 Å². The summed E-state index contributed by atoms with van der Waals surface area (Å²) in [4.78, 5) is 28.5. The minimum Gasteiger partial charge on any atom is -0.497 e. The Labute approximate surface area is 401 Å². The largest absolute Gasteiger partial charge is 0.497 e. The van der Waals surface area contributed by atoms with Crippen LogP contribution < -0.4 is 9.47 Å². The van der Waals surface area contributed by atoms with E-state index < -0.39 is 0 Å². The minimum atomic E-state index is 0.848. The normalized spacial score (nSPS) is 12.3. The molecule has 0 spiro atoms. The van der Waals surface area contributed by atoms with E-state index in [1.807, 2.05) is 152 Å². The van der Waals surface area contributed by atoms with E-state index in [9.17, 15) is 0 Å². The van der Waals surface area contributed by atoms with Gasteiger partial charge in [-0.3, -0.25) is 9.97 Å². The predicted molar refractivity (Wildman–Crippen MR) is 279 cm³/mol. The van der Waals surface area contributed by atoms with E-state index in [0.717, 1.165) is 49.9 Å². The summed E-state index contributed by atoms with van der Waals surface area (Å²) in [6, 6.07) is 30.9. The average molecular weight is 912 g/mol. The monoisotopic (exact) mass is 912 g/mol. The Morgan fingerprint density at radius 2 is 0.836 bits per heavy atom. The van der Waals surface area contributed by atoms with Gasteiger partial charge in [0.1, 0.15) is 24.2 Å². The van der Waals surface area contributed by atoms with E-state index in [1.54, 1.807) is 51.5 Å². The first-order chi connectivity index (χ1) is 32.9. The van der Waals surface area contributed by atoms with Gasteiger partial charge >= 0.3 is 0 Å². The van der Waals surface area contributed by atoms with Gasteiger partial charge in [0.15, 0.2) is 0 Å². The zero-order valence-electron chi connectivity index (χ0n) is 42.2. The average Bonchev–Trinajstić information content (AvgIpc) is 3.42. The number of para-hydroxylation sites is 3. The molecule has 360 valence electrons. The van der Waals surface area contributed by atoms with Crippen LogP contribution in [-0.4, -0.2) is 110 Å². The van der Waals surface area contributed by atoms with Gasteiger partial charge in [-0.1, -0.05) is 103 Å². The maximum Gasteiger partial charge on any atom is 0.119 e. The number of hydrogen-bond acceptors (Lipinski definition) is 13. The van der Waals surface area contributed by atoms with Crippen molar-refractivity contribution in [2.45, 2.75) is 87.0 Å². The topological polar surface area (TPSA) is 141 Å². The van der Waals surface area contributed by atoms with Gasteiger partial charge in [-0.2, -0.15) is 0 Å². The van der Waals surface area contributed by atoms with Crippen LogP contribution in [0.5, 0.6) is 11.5 Å². The van der Waals surface area contributed by atoms with Crippen LogP contribution in [0.15, 0.2) is 147 Å². The Bertz CT molecular complexity index is 1920. The van der Waals surface area contributed by atoms with Gasteiger partial charge in [-0.15, -0.1) is 10.2 Å². The second kappa shape index (κ2) is 39.8. The van der Waals surface area contributed by atoms with E-state index >= 15 is 0 Å². The van der Waals surface area contributed by atoms with Crippen LogP contribution in [0.1, 0.15) is 85.6 Å². The summed E-state index contributed by atoms with van der Waals surface area (Å²) < 4.78 is 9.92. The van der Waals surface area contributed by atoms with E-state index in [1.165, 1.54) is 71.0 Å². The number of methoxy groups -OCH3 is 2. The number of nitrogens with zero attached hydrogens (tertiary/aromatic N) is 11. The van der Waals surface area contributed by atoms with Crippen molar-refractivity contribution in [3.05, 3.63) is 152 Å². The fraction of sp³-hybridized carbons (Fsp3) is 0.389. The fourth-order valence-corrected chi connectivity index (χ4v) is 5.87. The van der Waals surface area contributed by atoms with Gasteiger partial charge in [0, 0.05) is 41.8 Å². The van der Waals surface area contributed by atoms with Crippen LogP contribution in [-0.2, 0) is 0 Å². The lowest BCUT2D eigenvalue weighted by Crippen LogP contribution is -2.24. The second-order valence-electron chi connectivity index (χ2n) is 14.1. The summed E-state index contributed by atoms with van der Waals surface area (Å²) in [5.41, 5.74) is 4.88. The first kappa shape index (κ1) is 58.4. The van der Waals surface area contributed by atoms with Crippen LogP contribution in [0.4, 0.5) is 0 Å². The molecule has 0 saturated carbocycles. The molecule has 0 aliphatic carbocycles. The summed E-state index contributed by atoms with van der Waals surface area (Å²) in [6.45, 7) is 19.2. The van der Waals surface area contributed by atoms with Crippen LogP contribution in [0, 0.1) is 6.92 Å². The lowest BCUT2D eigenvalue weighted by atomic mass is 10.1. The van der Waals surface area contributed by atoms with Gasteiger partial charge in [-0.05, 0) is 132 Å². The van der Waals surface area contributed by atoms with E-state index in [2.05, 4.69) is 69.2 Å². The lowest BCUT2D eigenvalue weighted by molar-refractivity contribution is 0.277. The quantitative estimate of drug-likeness (QED) is 0.163. The number of piperidine rings is 2. The summed E-state index contributed by atoms with van der Waals surface area (Å²) in [7, 11) is 7.67. The van der Waals surface area contributed by atoms with Crippen LogP contribution in [0.25, 0.3) is 32.8 Å². The maximum atomic E-state index is 4.96. The summed E-state index contributed by atoms with van der Waals surface area (Å²) in [5, 5.41) is 13.1. The molecule has 67 heavy (non-hydrogen) atoms. The molecule has 13 heteroatoms. The number of hydrogen-bond donors (Lipinski definition) is 0. The van der Waals surface area contributed by atoms with Crippen LogP contribution >= 0.6 is 0 Å². The molecule has 0 bridgehead atoms.